The summed E-state index contributed by atoms with van der Waals surface area (Å²) in [5.41, 5.74) is 1.51. The second-order valence-electron chi connectivity index (χ2n) is 5.82. The summed E-state index contributed by atoms with van der Waals surface area (Å²) in [7, 11) is 3.46. The van der Waals surface area contributed by atoms with Crippen LogP contribution in [0.5, 0.6) is 5.75 Å². The summed E-state index contributed by atoms with van der Waals surface area (Å²) in [6.45, 7) is 1.83. The highest BCUT2D eigenvalue weighted by Gasteiger charge is 2.20. The molecule has 0 bridgehead atoms. The number of hydrogen-bond acceptors (Lipinski definition) is 5. The summed E-state index contributed by atoms with van der Waals surface area (Å²) >= 11 is 7.58. The van der Waals surface area contributed by atoms with E-state index in [9.17, 15) is 4.79 Å². The Labute approximate surface area is 166 Å². The van der Waals surface area contributed by atoms with E-state index < -0.39 is 0 Å². The number of anilines is 1. The minimum absolute atomic E-state index is 0.118. The monoisotopic (exact) mass is 402 g/mol. The lowest BCUT2D eigenvalue weighted by Crippen LogP contribution is -2.22. The molecule has 1 N–H and O–H groups in total. The van der Waals surface area contributed by atoms with Gasteiger partial charge in [0.1, 0.15) is 5.75 Å². The van der Waals surface area contributed by atoms with E-state index in [0.29, 0.717) is 21.7 Å². The zero-order valence-corrected chi connectivity index (χ0v) is 16.7. The lowest BCUT2D eigenvalue weighted by Gasteiger charge is -2.12. The fourth-order valence-electron chi connectivity index (χ4n) is 2.42. The first-order valence-corrected chi connectivity index (χ1v) is 9.51. The van der Waals surface area contributed by atoms with Crippen LogP contribution in [-0.2, 0) is 11.8 Å². The third-order valence-corrected chi connectivity index (χ3v) is 5.42. The fourth-order valence-corrected chi connectivity index (χ4v) is 3.46. The van der Waals surface area contributed by atoms with E-state index in [1.54, 1.807) is 31.4 Å². The van der Waals surface area contributed by atoms with Crippen molar-refractivity contribution in [3.05, 3.63) is 53.6 Å². The summed E-state index contributed by atoms with van der Waals surface area (Å²) in [6, 6.07) is 14.6. The molecule has 8 heteroatoms. The first-order valence-electron chi connectivity index (χ1n) is 8.25. The molecule has 0 aliphatic rings. The third kappa shape index (κ3) is 4.43. The number of nitrogens with zero attached hydrogens (tertiary/aromatic N) is 3. The van der Waals surface area contributed by atoms with Gasteiger partial charge in [0.25, 0.3) is 0 Å². The molecule has 3 aromatic rings. The molecule has 140 valence electrons. The number of methoxy groups -OCH3 is 1. The summed E-state index contributed by atoms with van der Waals surface area (Å²) < 4.78 is 6.95. The van der Waals surface area contributed by atoms with E-state index in [1.165, 1.54) is 11.8 Å². The van der Waals surface area contributed by atoms with E-state index in [4.69, 9.17) is 16.3 Å². The Morgan fingerprint density at radius 2 is 1.89 bits per heavy atom. The SMILES string of the molecule is COc1ccc(NC(=O)C(C)Sc2nnc(-c3ccccc3Cl)n2C)cc1. The van der Waals surface area contributed by atoms with Crippen molar-refractivity contribution in [1.82, 2.24) is 14.8 Å². The average molecular weight is 403 g/mol. The predicted molar refractivity (Wildman–Crippen MR) is 108 cm³/mol. The van der Waals surface area contributed by atoms with E-state index in [2.05, 4.69) is 15.5 Å². The van der Waals surface area contributed by atoms with Gasteiger partial charge in [0.05, 0.1) is 17.4 Å². The number of ether oxygens (including phenoxy) is 1. The van der Waals surface area contributed by atoms with Crippen molar-refractivity contribution in [3.8, 4) is 17.1 Å². The van der Waals surface area contributed by atoms with Crippen LogP contribution in [0.3, 0.4) is 0 Å². The Balaban J connectivity index is 1.69. The molecule has 0 fully saturated rings. The van der Waals surface area contributed by atoms with Crippen molar-refractivity contribution in [2.75, 3.05) is 12.4 Å². The van der Waals surface area contributed by atoms with Crippen molar-refractivity contribution >= 4 is 35.0 Å². The number of carbonyl (C=O) groups is 1. The topological polar surface area (TPSA) is 69.0 Å². The molecule has 3 rings (SSSR count). The maximum atomic E-state index is 12.5. The predicted octanol–water partition coefficient (Wildman–Crippen LogP) is 4.26. The Morgan fingerprint density at radius 1 is 1.19 bits per heavy atom. The summed E-state index contributed by atoms with van der Waals surface area (Å²) in [4.78, 5) is 12.5. The van der Waals surface area contributed by atoms with Gasteiger partial charge in [-0.05, 0) is 43.3 Å². The fraction of sp³-hybridized carbons (Fsp3) is 0.211. The van der Waals surface area contributed by atoms with Crippen LogP contribution in [0.1, 0.15) is 6.92 Å². The van der Waals surface area contributed by atoms with E-state index >= 15 is 0 Å². The number of rotatable bonds is 6. The number of amides is 1. The van der Waals surface area contributed by atoms with E-state index in [-0.39, 0.29) is 11.2 Å². The molecule has 0 radical (unpaired) electrons. The minimum atomic E-state index is -0.353. The summed E-state index contributed by atoms with van der Waals surface area (Å²) in [5, 5.41) is 12.2. The molecule has 2 aromatic carbocycles. The van der Waals surface area contributed by atoms with Crippen LogP contribution in [0.2, 0.25) is 5.02 Å². The lowest BCUT2D eigenvalue weighted by molar-refractivity contribution is -0.115. The van der Waals surface area contributed by atoms with Crippen molar-refractivity contribution < 1.29 is 9.53 Å². The molecule has 0 aliphatic carbocycles. The minimum Gasteiger partial charge on any atom is -0.497 e. The molecule has 0 saturated carbocycles. The van der Waals surface area contributed by atoms with Gasteiger partial charge < -0.3 is 14.6 Å². The number of thioether (sulfide) groups is 1. The van der Waals surface area contributed by atoms with Crippen LogP contribution in [0.15, 0.2) is 53.7 Å². The molecular formula is C19H19ClN4O2S. The molecular weight excluding hydrogens is 384 g/mol. The van der Waals surface area contributed by atoms with Crippen molar-refractivity contribution in [2.45, 2.75) is 17.3 Å². The number of hydrogen-bond donors (Lipinski definition) is 1. The molecule has 0 saturated heterocycles. The molecule has 1 atom stereocenters. The number of nitrogens with one attached hydrogen (secondary N) is 1. The van der Waals surface area contributed by atoms with Crippen molar-refractivity contribution in [3.63, 3.8) is 0 Å². The molecule has 1 aromatic heterocycles. The van der Waals surface area contributed by atoms with Gasteiger partial charge in [-0.2, -0.15) is 0 Å². The van der Waals surface area contributed by atoms with Gasteiger partial charge in [-0.3, -0.25) is 4.79 Å². The Bertz CT molecular complexity index is 943. The molecule has 0 aliphatic heterocycles. The van der Waals surface area contributed by atoms with Gasteiger partial charge in [-0.25, -0.2) is 0 Å². The Kier molecular flexibility index (Phi) is 6.03. The lowest BCUT2D eigenvalue weighted by atomic mass is 10.2. The number of benzene rings is 2. The van der Waals surface area contributed by atoms with Crippen LogP contribution in [0, 0.1) is 0 Å². The molecule has 6 nitrogen and oxygen atoms in total. The molecule has 27 heavy (non-hydrogen) atoms. The van der Waals surface area contributed by atoms with Crippen LogP contribution < -0.4 is 10.1 Å². The maximum absolute atomic E-state index is 12.5. The highest BCUT2D eigenvalue weighted by Crippen LogP contribution is 2.30. The highest BCUT2D eigenvalue weighted by atomic mass is 35.5. The van der Waals surface area contributed by atoms with Gasteiger partial charge in [-0.15, -0.1) is 10.2 Å². The first kappa shape index (κ1) is 19.3. The van der Waals surface area contributed by atoms with Crippen LogP contribution >= 0.6 is 23.4 Å². The van der Waals surface area contributed by atoms with Crippen LogP contribution in [0.4, 0.5) is 5.69 Å². The Morgan fingerprint density at radius 3 is 2.56 bits per heavy atom. The number of carbonyl (C=O) groups excluding carboxylic acids is 1. The van der Waals surface area contributed by atoms with Gasteiger partial charge in [-0.1, -0.05) is 35.5 Å². The van der Waals surface area contributed by atoms with Gasteiger partial charge in [0, 0.05) is 18.3 Å². The smallest absolute Gasteiger partial charge is 0.237 e. The maximum Gasteiger partial charge on any atom is 0.237 e. The van der Waals surface area contributed by atoms with Gasteiger partial charge in [0.15, 0.2) is 11.0 Å². The van der Waals surface area contributed by atoms with Gasteiger partial charge in [0.2, 0.25) is 5.91 Å². The molecule has 1 amide bonds. The second-order valence-corrected chi connectivity index (χ2v) is 7.54. The molecule has 1 unspecified atom stereocenters. The zero-order chi connectivity index (χ0) is 19.4. The third-order valence-electron chi connectivity index (χ3n) is 3.96. The number of aromatic nitrogens is 3. The quantitative estimate of drug-likeness (QED) is 0.624. The number of halogens is 1. The van der Waals surface area contributed by atoms with Crippen LogP contribution in [-0.4, -0.2) is 33.0 Å². The molecule has 1 heterocycles. The molecule has 0 spiro atoms. The van der Waals surface area contributed by atoms with E-state index in [0.717, 1.165) is 11.3 Å². The van der Waals surface area contributed by atoms with Gasteiger partial charge >= 0.3 is 0 Å². The largest absolute Gasteiger partial charge is 0.497 e. The average Bonchev–Trinajstić information content (AvgIpc) is 3.03. The zero-order valence-electron chi connectivity index (χ0n) is 15.1. The summed E-state index contributed by atoms with van der Waals surface area (Å²) in [6.07, 6.45) is 0. The van der Waals surface area contributed by atoms with Crippen LogP contribution in [0.25, 0.3) is 11.4 Å². The Hall–Kier alpha value is -2.51. The van der Waals surface area contributed by atoms with Crippen molar-refractivity contribution in [1.29, 1.82) is 0 Å². The normalized spacial score (nSPS) is 11.9. The second kappa shape index (κ2) is 8.45. The standard InChI is InChI=1S/C19H19ClN4O2S/c1-12(18(25)21-13-8-10-14(26-3)11-9-13)27-19-23-22-17(24(19)2)15-6-4-5-7-16(15)20/h4-12H,1-3H3,(H,21,25). The van der Waals surface area contributed by atoms with E-state index in [1.807, 2.05) is 42.8 Å². The summed E-state index contributed by atoms with van der Waals surface area (Å²) in [5.74, 6) is 1.28. The highest BCUT2D eigenvalue weighted by molar-refractivity contribution is 8.00. The van der Waals surface area contributed by atoms with Crippen molar-refractivity contribution in [2.24, 2.45) is 7.05 Å². The first-order chi connectivity index (χ1) is 13.0.